The lowest BCUT2D eigenvalue weighted by atomic mass is 10.0. The fourth-order valence-electron chi connectivity index (χ4n) is 2.68. The number of nitrogens with two attached hydrogens (primary N) is 1. The molecule has 0 saturated heterocycles. The molecule has 0 bridgehead atoms. The first-order chi connectivity index (χ1) is 11.1. The van der Waals surface area contributed by atoms with Crippen LogP contribution in [0, 0.1) is 6.92 Å². The topological polar surface area (TPSA) is 77.6 Å². The Hall–Kier alpha value is -2.79. The van der Waals surface area contributed by atoms with E-state index in [2.05, 4.69) is 20.2 Å². The molecule has 4 aromatic rings. The second-order valence-corrected chi connectivity index (χ2v) is 5.72. The van der Waals surface area contributed by atoms with E-state index in [9.17, 15) is 0 Å². The summed E-state index contributed by atoms with van der Waals surface area (Å²) in [5.74, 6) is 0. The Labute approximate surface area is 137 Å². The van der Waals surface area contributed by atoms with Crippen molar-refractivity contribution in [1.29, 1.82) is 0 Å². The van der Waals surface area contributed by atoms with Gasteiger partial charge in [0.05, 0.1) is 34.2 Å². The monoisotopic (exact) mass is 321 g/mol. The van der Waals surface area contributed by atoms with E-state index in [1.54, 1.807) is 12.4 Å². The summed E-state index contributed by atoms with van der Waals surface area (Å²) in [4.78, 5) is 9.24. The van der Waals surface area contributed by atoms with Crippen LogP contribution in [0.2, 0.25) is 5.02 Å². The molecule has 0 aliphatic carbocycles. The van der Waals surface area contributed by atoms with Crippen molar-refractivity contribution in [2.24, 2.45) is 0 Å². The van der Waals surface area contributed by atoms with Gasteiger partial charge in [-0.1, -0.05) is 29.8 Å². The normalized spacial score (nSPS) is 11.2. The zero-order chi connectivity index (χ0) is 16.0. The molecule has 0 aliphatic heterocycles. The lowest BCUT2D eigenvalue weighted by Crippen LogP contribution is -1.90. The summed E-state index contributed by atoms with van der Waals surface area (Å²) >= 11 is 6.38. The molecule has 0 saturated carbocycles. The maximum Gasteiger partial charge on any atom is 0.120 e. The van der Waals surface area contributed by atoms with E-state index in [-0.39, 0.29) is 0 Å². The lowest BCUT2D eigenvalue weighted by Gasteiger charge is -2.06. The minimum absolute atomic E-state index is 0.547. The Morgan fingerprint density at radius 3 is 2.70 bits per heavy atom. The van der Waals surface area contributed by atoms with E-state index in [0.717, 1.165) is 33.2 Å². The molecule has 23 heavy (non-hydrogen) atoms. The molecular weight excluding hydrogens is 310 g/mol. The van der Waals surface area contributed by atoms with Crippen molar-refractivity contribution in [2.75, 3.05) is 5.73 Å². The van der Waals surface area contributed by atoms with Gasteiger partial charge in [-0.3, -0.25) is 9.97 Å². The molecule has 0 fully saturated rings. The first-order valence-electron chi connectivity index (χ1n) is 7.07. The SMILES string of the molecule is Cc1cnc2c(cc(N)c3nncc32)c(-c2ccccc2Cl)n1. The summed E-state index contributed by atoms with van der Waals surface area (Å²) in [6.45, 7) is 1.90. The zero-order valence-corrected chi connectivity index (χ0v) is 13.0. The number of aromatic nitrogens is 4. The standard InChI is InChI=1S/C17H12ClN5/c1-9-7-20-15-11(6-14(19)17-12(15)8-21-23-17)16(22-9)10-4-2-3-5-13(10)18/h2-8H,19H2,1H3. The van der Waals surface area contributed by atoms with Gasteiger partial charge < -0.3 is 5.73 Å². The molecule has 2 aromatic carbocycles. The number of aryl methyl sites for hydroxylation is 1. The van der Waals surface area contributed by atoms with Gasteiger partial charge in [-0.2, -0.15) is 5.10 Å². The Kier molecular flexibility index (Phi) is 3.09. The first kappa shape index (κ1) is 13.8. The molecule has 2 N–H and O–H groups in total. The fraction of sp³-hybridized carbons (Fsp3) is 0.0588. The van der Waals surface area contributed by atoms with Gasteiger partial charge in [-0.05, 0) is 19.1 Å². The van der Waals surface area contributed by atoms with E-state index in [0.29, 0.717) is 16.2 Å². The molecular formula is C17H12ClN5. The highest BCUT2D eigenvalue weighted by Crippen LogP contribution is 2.35. The number of nitrogens with zero attached hydrogens (tertiary/aromatic N) is 4. The Balaban J connectivity index is 2.24. The van der Waals surface area contributed by atoms with Crippen molar-refractivity contribution in [3.8, 4) is 11.3 Å². The van der Waals surface area contributed by atoms with Crippen LogP contribution in [0.4, 0.5) is 5.69 Å². The van der Waals surface area contributed by atoms with Crippen molar-refractivity contribution in [3.63, 3.8) is 0 Å². The smallest absolute Gasteiger partial charge is 0.120 e. The van der Waals surface area contributed by atoms with Gasteiger partial charge in [0.15, 0.2) is 0 Å². The Morgan fingerprint density at radius 2 is 1.87 bits per heavy atom. The minimum atomic E-state index is 0.547. The van der Waals surface area contributed by atoms with Crippen LogP contribution in [0.5, 0.6) is 0 Å². The molecule has 0 radical (unpaired) electrons. The summed E-state index contributed by atoms with van der Waals surface area (Å²) in [7, 11) is 0. The van der Waals surface area contributed by atoms with Crippen molar-refractivity contribution < 1.29 is 0 Å². The summed E-state index contributed by atoms with van der Waals surface area (Å²) in [5.41, 5.74) is 10.5. The Bertz CT molecular complexity index is 1060. The second-order valence-electron chi connectivity index (χ2n) is 5.31. The number of anilines is 1. The molecule has 112 valence electrons. The number of rotatable bonds is 1. The van der Waals surface area contributed by atoms with Crippen LogP contribution in [0.1, 0.15) is 5.69 Å². The molecule has 5 nitrogen and oxygen atoms in total. The largest absolute Gasteiger partial charge is 0.397 e. The molecule has 6 heteroatoms. The van der Waals surface area contributed by atoms with Crippen LogP contribution < -0.4 is 5.73 Å². The van der Waals surface area contributed by atoms with Gasteiger partial charge in [-0.25, -0.2) is 0 Å². The highest BCUT2D eigenvalue weighted by atomic mass is 35.5. The minimum Gasteiger partial charge on any atom is -0.397 e. The van der Waals surface area contributed by atoms with Gasteiger partial charge in [-0.15, -0.1) is 5.10 Å². The van der Waals surface area contributed by atoms with Crippen LogP contribution in [0.15, 0.2) is 42.7 Å². The summed E-state index contributed by atoms with van der Waals surface area (Å²) in [6.07, 6.45) is 3.40. The number of fused-ring (bicyclic) bond motifs is 3. The van der Waals surface area contributed by atoms with Crippen molar-refractivity contribution in [1.82, 2.24) is 20.2 Å². The van der Waals surface area contributed by atoms with Gasteiger partial charge in [0.2, 0.25) is 0 Å². The molecule has 2 aromatic heterocycles. The molecule has 0 unspecified atom stereocenters. The molecule has 0 amide bonds. The van der Waals surface area contributed by atoms with Gasteiger partial charge in [0, 0.05) is 22.2 Å². The number of halogens is 1. The maximum absolute atomic E-state index is 6.38. The van der Waals surface area contributed by atoms with E-state index in [1.165, 1.54) is 0 Å². The van der Waals surface area contributed by atoms with Crippen molar-refractivity contribution in [2.45, 2.75) is 6.92 Å². The molecule has 0 aliphatic rings. The van der Waals surface area contributed by atoms with Gasteiger partial charge >= 0.3 is 0 Å². The first-order valence-corrected chi connectivity index (χ1v) is 7.45. The second kappa shape index (κ2) is 5.14. The Morgan fingerprint density at radius 1 is 1.04 bits per heavy atom. The molecule has 0 atom stereocenters. The zero-order valence-electron chi connectivity index (χ0n) is 12.3. The van der Waals surface area contributed by atoms with E-state index >= 15 is 0 Å². The van der Waals surface area contributed by atoms with E-state index in [4.69, 9.17) is 17.3 Å². The third-order valence-corrected chi connectivity index (χ3v) is 4.07. The fourth-order valence-corrected chi connectivity index (χ4v) is 2.91. The highest BCUT2D eigenvalue weighted by molar-refractivity contribution is 6.33. The number of hydrogen-bond donors (Lipinski definition) is 1. The van der Waals surface area contributed by atoms with Crippen molar-refractivity contribution >= 4 is 39.1 Å². The van der Waals surface area contributed by atoms with Gasteiger partial charge in [0.1, 0.15) is 5.52 Å². The van der Waals surface area contributed by atoms with Crippen LogP contribution >= 0.6 is 11.6 Å². The average Bonchev–Trinajstić information content (AvgIpc) is 2.97. The van der Waals surface area contributed by atoms with Crippen LogP contribution in [-0.4, -0.2) is 20.2 Å². The quantitative estimate of drug-likeness (QED) is 0.540. The number of benzene rings is 2. The van der Waals surface area contributed by atoms with Crippen LogP contribution in [0.3, 0.4) is 0 Å². The van der Waals surface area contributed by atoms with Crippen LogP contribution in [0.25, 0.3) is 33.1 Å². The number of hydrogen-bond acceptors (Lipinski definition) is 5. The predicted octanol–water partition coefficient (Wildman–Crippen LogP) is 3.78. The average molecular weight is 322 g/mol. The van der Waals surface area contributed by atoms with E-state index in [1.807, 2.05) is 37.3 Å². The summed E-state index contributed by atoms with van der Waals surface area (Å²) in [6, 6.07) is 9.43. The highest BCUT2D eigenvalue weighted by Gasteiger charge is 2.14. The molecule has 2 heterocycles. The third kappa shape index (κ3) is 2.17. The molecule has 4 rings (SSSR count). The maximum atomic E-state index is 6.38. The summed E-state index contributed by atoms with van der Waals surface area (Å²) < 4.78 is 0. The molecule has 0 spiro atoms. The summed E-state index contributed by atoms with van der Waals surface area (Å²) in [5, 5.41) is 10.3. The predicted molar refractivity (Wildman–Crippen MR) is 92.2 cm³/mol. The lowest BCUT2D eigenvalue weighted by molar-refractivity contribution is 1.12. The van der Waals surface area contributed by atoms with E-state index < -0.39 is 0 Å². The van der Waals surface area contributed by atoms with Crippen molar-refractivity contribution in [3.05, 3.63) is 53.4 Å². The van der Waals surface area contributed by atoms with Crippen LogP contribution in [-0.2, 0) is 0 Å². The third-order valence-electron chi connectivity index (χ3n) is 3.74. The van der Waals surface area contributed by atoms with Gasteiger partial charge in [0.25, 0.3) is 0 Å². The number of nitrogen functional groups attached to an aromatic ring is 1.